The molecule has 0 saturated heterocycles. The predicted molar refractivity (Wildman–Crippen MR) is 88.2 cm³/mol. The first-order valence-corrected chi connectivity index (χ1v) is 8.27. The van der Waals surface area contributed by atoms with Crippen LogP contribution >= 0.6 is 27.5 Å². The SMILES string of the molecule is Cc1cc(Br)c(NC2CCCC(C)(C)CC2)cc1Cl. The molecular weight excluding hydrogens is 322 g/mol. The number of rotatable bonds is 2. The van der Waals surface area contributed by atoms with Crippen molar-refractivity contribution in [2.24, 2.45) is 5.41 Å². The summed E-state index contributed by atoms with van der Waals surface area (Å²) in [5.41, 5.74) is 2.74. The lowest BCUT2D eigenvalue weighted by Gasteiger charge is -2.23. The molecule has 0 amide bonds. The van der Waals surface area contributed by atoms with Crippen LogP contribution in [0.2, 0.25) is 5.02 Å². The lowest BCUT2D eigenvalue weighted by atomic mass is 9.85. The van der Waals surface area contributed by atoms with Gasteiger partial charge in [0.15, 0.2) is 0 Å². The topological polar surface area (TPSA) is 12.0 Å². The van der Waals surface area contributed by atoms with E-state index in [1.165, 1.54) is 32.1 Å². The molecule has 1 saturated carbocycles. The van der Waals surface area contributed by atoms with Gasteiger partial charge >= 0.3 is 0 Å². The molecule has 1 unspecified atom stereocenters. The highest BCUT2D eigenvalue weighted by molar-refractivity contribution is 9.10. The molecule has 0 heterocycles. The van der Waals surface area contributed by atoms with E-state index in [0.29, 0.717) is 11.5 Å². The second-order valence-electron chi connectivity index (χ2n) is 6.52. The summed E-state index contributed by atoms with van der Waals surface area (Å²) in [6, 6.07) is 4.69. The van der Waals surface area contributed by atoms with Crippen molar-refractivity contribution in [2.45, 2.75) is 58.9 Å². The maximum Gasteiger partial charge on any atom is 0.0501 e. The van der Waals surface area contributed by atoms with E-state index >= 15 is 0 Å². The maximum absolute atomic E-state index is 6.22. The van der Waals surface area contributed by atoms with Crippen molar-refractivity contribution in [1.29, 1.82) is 0 Å². The molecule has 1 N–H and O–H groups in total. The molecule has 1 aromatic rings. The van der Waals surface area contributed by atoms with Crippen LogP contribution in [0.1, 0.15) is 51.5 Å². The number of halogens is 2. The van der Waals surface area contributed by atoms with E-state index in [1.807, 2.05) is 13.0 Å². The molecule has 1 atom stereocenters. The van der Waals surface area contributed by atoms with Gasteiger partial charge in [0, 0.05) is 15.5 Å². The van der Waals surface area contributed by atoms with Gasteiger partial charge in [0.05, 0.1) is 5.69 Å². The van der Waals surface area contributed by atoms with Gasteiger partial charge in [0.25, 0.3) is 0 Å². The van der Waals surface area contributed by atoms with Gasteiger partial charge in [0.2, 0.25) is 0 Å². The minimum atomic E-state index is 0.499. The molecule has 0 radical (unpaired) electrons. The average molecular weight is 345 g/mol. The summed E-state index contributed by atoms with van der Waals surface area (Å²) in [6.07, 6.45) is 6.43. The second-order valence-corrected chi connectivity index (χ2v) is 7.78. The molecule has 3 heteroatoms. The first-order chi connectivity index (χ1) is 8.87. The van der Waals surface area contributed by atoms with Gasteiger partial charge in [-0.05, 0) is 71.6 Å². The lowest BCUT2D eigenvalue weighted by molar-refractivity contribution is 0.313. The molecule has 1 aliphatic rings. The number of nitrogens with one attached hydrogen (secondary N) is 1. The molecule has 0 aliphatic heterocycles. The normalized spacial score (nSPS) is 22.9. The van der Waals surface area contributed by atoms with Crippen molar-refractivity contribution in [2.75, 3.05) is 5.32 Å². The van der Waals surface area contributed by atoms with E-state index in [9.17, 15) is 0 Å². The van der Waals surface area contributed by atoms with Crippen LogP contribution in [0.15, 0.2) is 16.6 Å². The summed E-state index contributed by atoms with van der Waals surface area (Å²) in [5.74, 6) is 0. The fraction of sp³-hybridized carbons (Fsp3) is 0.625. The predicted octanol–water partition coefficient (Wildman–Crippen LogP) is 6.18. The van der Waals surface area contributed by atoms with Gasteiger partial charge < -0.3 is 5.32 Å². The number of hydrogen-bond donors (Lipinski definition) is 1. The van der Waals surface area contributed by atoms with Crippen molar-refractivity contribution in [1.82, 2.24) is 0 Å². The Morgan fingerprint density at radius 3 is 2.74 bits per heavy atom. The van der Waals surface area contributed by atoms with E-state index in [0.717, 1.165) is 20.7 Å². The van der Waals surface area contributed by atoms with E-state index in [1.54, 1.807) is 0 Å². The molecule has 1 aromatic carbocycles. The molecule has 1 nitrogen and oxygen atoms in total. The van der Waals surface area contributed by atoms with E-state index in [-0.39, 0.29) is 0 Å². The Hall–Kier alpha value is -0.210. The third kappa shape index (κ3) is 4.13. The highest BCUT2D eigenvalue weighted by Crippen LogP contribution is 2.36. The summed E-state index contributed by atoms with van der Waals surface area (Å²) in [6.45, 7) is 6.80. The standard InChI is InChI=1S/C16H23BrClN/c1-11-9-13(17)15(10-14(11)18)19-12-5-4-7-16(2,3)8-6-12/h9-10,12,19H,4-8H2,1-3H3. The zero-order chi connectivity index (χ0) is 14.0. The summed E-state index contributed by atoms with van der Waals surface area (Å²) in [4.78, 5) is 0. The third-order valence-electron chi connectivity index (χ3n) is 4.18. The van der Waals surface area contributed by atoms with Crippen LogP contribution in [-0.4, -0.2) is 6.04 Å². The highest BCUT2D eigenvalue weighted by atomic mass is 79.9. The Balaban J connectivity index is 2.07. The van der Waals surface area contributed by atoms with Gasteiger partial charge in [-0.3, -0.25) is 0 Å². The van der Waals surface area contributed by atoms with Crippen molar-refractivity contribution in [3.05, 3.63) is 27.2 Å². The third-order valence-corrected chi connectivity index (χ3v) is 5.25. The minimum Gasteiger partial charge on any atom is -0.381 e. The molecule has 0 spiro atoms. The molecule has 106 valence electrons. The zero-order valence-electron chi connectivity index (χ0n) is 12.0. The Morgan fingerprint density at radius 1 is 1.26 bits per heavy atom. The molecular formula is C16H23BrClN. The second kappa shape index (κ2) is 6.05. The Kier molecular flexibility index (Phi) is 4.84. The first kappa shape index (κ1) is 15.2. The lowest BCUT2D eigenvalue weighted by Crippen LogP contribution is -2.19. The Bertz CT molecular complexity index is 456. The van der Waals surface area contributed by atoms with E-state index in [4.69, 9.17) is 11.6 Å². The number of aryl methyl sites for hydroxylation is 1. The Morgan fingerprint density at radius 2 is 2.00 bits per heavy atom. The monoisotopic (exact) mass is 343 g/mol. The summed E-state index contributed by atoms with van der Waals surface area (Å²) < 4.78 is 1.11. The number of anilines is 1. The highest BCUT2D eigenvalue weighted by Gasteiger charge is 2.24. The zero-order valence-corrected chi connectivity index (χ0v) is 14.4. The largest absolute Gasteiger partial charge is 0.381 e. The smallest absolute Gasteiger partial charge is 0.0501 e. The van der Waals surface area contributed by atoms with Crippen molar-refractivity contribution in [3.8, 4) is 0 Å². The van der Waals surface area contributed by atoms with Crippen LogP contribution in [0, 0.1) is 12.3 Å². The van der Waals surface area contributed by atoms with Gasteiger partial charge in [-0.15, -0.1) is 0 Å². The van der Waals surface area contributed by atoms with Gasteiger partial charge in [-0.25, -0.2) is 0 Å². The molecule has 1 fully saturated rings. The van der Waals surface area contributed by atoms with Crippen LogP contribution in [-0.2, 0) is 0 Å². The first-order valence-electron chi connectivity index (χ1n) is 7.09. The molecule has 0 bridgehead atoms. The van der Waals surface area contributed by atoms with E-state index in [2.05, 4.69) is 41.2 Å². The van der Waals surface area contributed by atoms with Gasteiger partial charge in [0.1, 0.15) is 0 Å². The van der Waals surface area contributed by atoms with Gasteiger partial charge in [-0.1, -0.05) is 31.9 Å². The number of benzene rings is 1. The van der Waals surface area contributed by atoms with Crippen molar-refractivity contribution >= 4 is 33.2 Å². The van der Waals surface area contributed by atoms with Crippen LogP contribution in [0.25, 0.3) is 0 Å². The Labute approximate surface area is 130 Å². The van der Waals surface area contributed by atoms with Crippen LogP contribution in [0.4, 0.5) is 5.69 Å². The summed E-state index contributed by atoms with van der Waals surface area (Å²) >= 11 is 9.85. The average Bonchev–Trinajstić information content (AvgIpc) is 2.48. The van der Waals surface area contributed by atoms with Crippen LogP contribution in [0.3, 0.4) is 0 Å². The van der Waals surface area contributed by atoms with Crippen LogP contribution < -0.4 is 5.32 Å². The molecule has 19 heavy (non-hydrogen) atoms. The fourth-order valence-corrected chi connectivity index (χ4v) is 3.52. The summed E-state index contributed by atoms with van der Waals surface area (Å²) in [7, 11) is 0. The van der Waals surface area contributed by atoms with E-state index < -0.39 is 0 Å². The van der Waals surface area contributed by atoms with Crippen molar-refractivity contribution in [3.63, 3.8) is 0 Å². The molecule has 0 aromatic heterocycles. The summed E-state index contributed by atoms with van der Waals surface area (Å²) in [5, 5.41) is 4.50. The van der Waals surface area contributed by atoms with Gasteiger partial charge in [-0.2, -0.15) is 0 Å². The quantitative estimate of drug-likeness (QED) is 0.631. The molecule has 1 aliphatic carbocycles. The minimum absolute atomic E-state index is 0.499. The fourth-order valence-electron chi connectivity index (χ4n) is 2.78. The maximum atomic E-state index is 6.22. The van der Waals surface area contributed by atoms with Crippen LogP contribution in [0.5, 0.6) is 0 Å². The van der Waals surface area contributed by atoms with Crippen molar-refractivity contribution < 1.29 is 0 Å². The number of hydrogen-bond acceptors (Lipinski definition) is 1. The molecule has 2 rings (SSSR count).